The third-order valence-electron chi connectivity index (χ3n) is 5.46. The Bertz CT molecular complexity index is 1520. The number of aromatic nitrogens is 2. The first-order valence-electron chi connectivity index (χ1n) is 9.88. The molecule has 166 valence electrons. The molecular formula is C23H14F3N3O4. The molecule has 0 spiro atoms. The van der Waals surface area contributed by atoms with Gasteiger partial charge in [-0.25, -0.2) is 4.98 Å². The molecule has 0 fully saturated rings. The number of hydrogen-bond acceptors (Lipinski definition) is 5. The van der Waals surface area contributed by atoms with E-state index in [4.69, 9.17) is 4.42 Å². The summed E-state index contributed by atoms with van der Waals surface area (Å²) in [6.45, 7) is 0.350. The molecule has 2 aromatic carbocycles. The lowest BCUT2D eigenvalue weighted by Crippen LogP contribution is -2.21. The van der Waals surface area contributed by atoms with Crippen molar-refractivity contribution < 1.29 is 22.5 Å². The molecule has 0 radical (unpaired) electrons. The first-order valence-corrected chi connectivity index (χ1v) is 9.88. The highest BCUT2D eigenvalue weighted by Gasteiger charge is 2.31. The molecular weight excluding hydrogens is 439 g/mol. The lowest BCUT2D eigenvalue weighted by Gasteiger charge is -2.09. The second kappa shape index (κ2) is 7.44. The molecule has 5 rings (SSSR count). The predicted molar refractivity (Wildman–Crippen MR) is 114 cm³/mol. The maximum Gasteiger partial charge on any atom is 0.416 e. The summed E-state index contributed by atoms with van der Waals surface area (Å²) >= 11 is 0. The number of rotatable bonds is 3. The van der Waals surface area contributed by atoms with Crippen molar-refractivity contribution in [2.24, 2.45) is 0 Å². The van der Waals surface area contributed by atoms with Gasteiger partial charge in [0.1, 0.15) is 17.3 Å². The van der Waals surface area contributed by atoms with Gasteiger partial charge in [-0.05, 0) is 42.8 Å². The van der Waals surface area contributed by atoms with Crippen LogP contribution in [0.4, 0.5) is 18.9 Å². The molecule has 2 aromatic heterocycles. The monoisotopic (exact) mass is 453 g/mol. The first kappa shape index (κ1) is 20.7. The van der Waals surface area contributed by atoms with Crippen molar-refractivity contribution in [2.75, 3.05) is 0 Å². The van der Waals surface area contributed by atoms with E-state index in [0.29, 0.717) is 41.4 Å². The van der Waals surface area contributed by atoms with Crippen LogP contribution in [0.5, 0.6) is 0 Å². The minimum absolute atomic E-state index is 0.0226. The van der Waals surface area contributed by atoms with E-state index in [1.54, 1.807) is 30.3 Å². The number of allylic oxidation sites excluding steroid dienone is 1. The van der Waals surface area contributed by atoms with Crippen molar-refractivity contribution in [1.29, 1.82) is 0 Å². The van der Waals surface area contributed by atoms with Crippen molar-refractivity contribution in [3.8, 4) is 11.3 Å². The molecule has 1 aliphatic rings. The topological polar surface area (TPSA) is 91.2 Å². The van der Waals surface area contributed by atoms with Gasteiger partial charge in [0.2, 0.25) is 0 Å². The van der Waals surface area contributed by atoms with Crippen LogP contribution in [-0.2, 0) is 12.7 Å². The molecule has 0 bridgehead atoms. The Labute approximate surface area is 183 Å². The van der Waals surface area contributed by atoms with Gasteiger partial charge >= 0.3 is 6.18 Å². The Morgan fingerprint density at radius 2 is 1.94 bits per heavy atom. The summed E-state index contributed by atoms with van der Waals surface area (Å²) in [7, 11) is 0. The summed E-state index contributed by atoms with van der Waals surface area (Å²) in [6.07, 6.45) is -2.41. The Morgan fingerprint density at radius 1 is 1.12 bits per heavy atom. The minimum atomic E-state index is -4.54. The average Bonchev–Trinajstić information content (AvgIpc) is 3.41. The van der Waals surface area contributed by atoms with Crippen LogP contribution < -0.4 is 5.56 Å². The molecule has 0 atom stereocenters. The molecule has 0 saturated heterocycles. The number of nitrogens with zero attached hydrogens (tertiary/aromatic N) is 3. The van der Waals surface area contributed by atoms with Gasteiger partial charge in [0.15, 0.2) is 0 Å². The van der Waals surface area contributed by atoms with Crippen molar-refractivity contribution in [2.45, 2.75) is 19.1 Å². The van der Waals surface area contributed by atoms with Gasteiger partial charge in [0.25, 0.3) is 11.2 Å². The van der Waals surface area contributed by atoms with Crippen LogP contribution in [-0.4, -0.2) is 14.5 Å². The van der Waals surface area contributed by atoms with Crippen LogP contribution in [0.25, 0.3) is 33.9 Å². The van der Waals surface area contributed by atoms with Gasteiger partial charge in [-0.2, -0.15) is 13.2 Å². The van der Waals surface area contributed by atoms with Crippen molar-refractivity contribution >= 4 is 28.2 Å². The molecule has 1 aliphatic heterocycles. The van der Waals surface area contributed by atoms with Crippen molar-refractivity contribution in [1.82, 2.24) is 9.55 Å². The van der Waals surface area contributed by atoms with E-state index in [9.17, 15) is 28.1 Å². The van der Waals surface area contributed by atoms with E-state index in [2.05, 4.69) is 4.98 Å². The van der Waals surface area contributed by atoms with Crippen LogP contribution in [0, 0.1) is 10.1 Å². The number of nitro benzene ring substituents is 1. The molecule has 33 heavy (non-hydrogen) atoms. The third-order valence-corrected chi connectivity index (χ3v) is 5.46. The molecule has 0 unspecified atom stereocenters. The fraction of sp³-hybridized carbons (Fsp3) is 0.130. The fourth-order valence-electron chi connectivity index (χ4n) is 3.86. The SMILES string of the molecule is O=c1c2ccc(C(F)(F)F)cc2nc2n1CCC2=Cc1ccc(-c2cccc([N+](=O)[O-])c2)o1. The molecule has 10 heteroatoms. The zero-order valence-electron chi connectivity index (χ0n) is 16.8. The van der Waals surface area contributed by atoms with E-state index in [-0.39, 0.29) is 16.6 Å². The number of alkyl halides is 3. The lowest BCUT2D eigenvalue weighted by atomic mass is 10.1. The summed E-state index contributed by atoms with van der Waals surface area (Å²) in [5.41, 5.74) is -0.188. The van der Waals surface area contributed by atoms with Crippen LogP contribution in [0.1, 0.15) is 23.6 Å². The van der Waals surface area contributed by atoms with Gasteiger partial charge in [0, 0.05) is 29.8 Å². The predicted octanol–water partition coefficient (Wildman–Crippen LogP) is 5.53. The van der Waals surface area contributed by atoms with Gasteiger partial charge in [-0.1, -0.05) is 12.1 Å². The van der Waals surface area contributed by atoms with Gasteiger partial charge < -0.3 is 4.42 Å². The normalized spacial score (nSPS) is 14.7. The standard InChI is InChI=1S/C23H14F3N3O4/c24-23(25,26)15-4-6-18-19(12-15)27-21-14(8-9-28(21)22(18)30)11-17-5-7-20(33-17)13-2-1-3-16(10-13)29(31)32/h1-7,10-12H,8-9H2. The lowest BCUT2D eigenvalue weighted by molar-refractivity contribution is -0.384. The van der Waals surface area contributed by atoms with Crippen LogP contribution >= 0.6 is 0 Å². The molecule has 7 nitrogen and oxygen atoms in total. The number of furan rings is 1. The maximum atomic E-state index is 13.1. The van der Waals surface area contributed by atoms with E-state index in [1.807, 2.05) is 0 Å². The molecule has 3 heterocycles. The van der Waals surface area contributed by atoms with E-state index >= 15 is 0 Å². The number of fused-ring (bicyclic) bond motifs is 2. The van der Waals surface area contributed by atoms with Crippen LogP contribution in [0.3, 0.4) is 0 Å². The van der Waals surface area contributed by atoms with Crippen molar-refractivity contribution in [3.63, 3.8) is 0 Å². The number of halogens is 3. The van der Waals surface area contributed by atoms with Gasteiger partial charge in [-0.15, -0.1) is 0 Å². The Balaban J connectivity index is 1.54. The zero-order valence-corrected chi connectivity index (χ0v) is 16.8. The fourth-order valence-corrected chi connectivity index (χ4v) is 3.86. The Hall–Kier alpha value is -4.21. The zero-order chi connectivity index (χ0) is 23.3. The summed E-state index contributed by atoms with van der Waals surface area (Å²) in [6, 6.07) is 12.2. The van der Waals surface area contributed by atoms with Gasteiger partial charge in [-0.3, -0.25) is 19.5 Å². The second-order valence-electron chi connectivity index (χ2n) is 7.55. The Morgan fingerprint density at radius 3 is 2.70 bits per heavy atom. The maximum absolute atomic E-state index is 13.1. The highest BCUT2D eigenvalue weighted by molar-refractivity contribution is 5.84. The number of hydrogen-bond donors (Lipinski definition) is 0. The van der Waals surface area contributed by atoms with Gasteiger partial charge in [0.05, 0.1) is 21.4 Å². The summed E-state index contributed by atoms with van der Waals surface area (Å²) < 4.78 is 46.5. The molecule has 0 aliphatic carbocycles. The molecule has 0 N–H and O–H groups in total. The minimum Gasteiger partial charge on any atom is -0.457 e. The average molecular weight is 453 g/mol. The van der Waals surface area contributed by atoms with Crippen LogP contribution in [0.15, 0.2) is 63.8 Å². The summed E-state index contributed by atoms with van der Waals surface area (Å²) in [4.78, 5) is 27.6. The molecule has 4 aromatic rings. The highest BCUT2D eigenvalue weighted by Crippen LogP contribution is 2.33. The van der Waals surface area contributed by atoms with E-state index < -0.39 is 22.2 Å². The molecule has 0 saturated carbocycles. The number of non-ortho nitro benzene ring substituents is 1. The van der Waals surface area contributed by atoms with E-state index in [0.717, 1.165) is 18.2 Å². The van der Waals surface area contributed by atoms with Crippen LogP contribution in [0.2, 0.25) is 0 Å². The number of nitro groups is 1. The Kier molecular flexibility index (Phi) is 4.66. The second-order valence-corrected chi connectivity index (χ2v) is 7.55. The third kappa shape index (κ3) is 3.69. The first-order chi connectivity index (χ1) is 15.7. The quantitative estimate of drug-likeness (QED) is 0.301. The van der Waals surface area contributed by atoms with Crippen molar-refractivity contribution in [3.05, 3.63) is 92.2 Å². The van der Waals surface area contributed by atoms with E-state index in [1.165, 1.54) is 16.7 Å². The summed E-state index contributed by atoms with van der Waals surface area (Å²) in [5, 5.41) is 11.1. The smallest absolute Gasteiger partial charge is 0.416 e. The summed E-state index contributed by atoms with van der Waals surface area (Å²) in [5.74, 6) is 1.14. The largest absolute Gasteiger partial charge is 0.457 e. The molecule has 0 amide bonds. The number of benzene rings is 2. The highest BCUT2D eigenvalue weighted by atomic mass is 19.4.